The summed E-state index contributed by atoms with van der Waals surface area (Å²) in [6, 6.07) is 7.06. The average Bonchev–Trinajstić information content (AvgIpc) is 2.75. The molecule has 1 aromatic carbocycles. The van der Waals surface area contributed by atoms with Gasteiger partial charge in [0.15, 0.2) is 5.82 Å². The van der Waals surface area contributed by atoms with Gasteiger partial charge in [-0.2, -0.15) is 4.98 Å². The van der Waals surface area contributed by atoms with Gasteiger partial charge in [0.1, 0.15) is 11.1 Å². The number of hydrogen-bond donors (Lipinski definition) is 0. The molecule has 0 N–H and O–H groups in total. The standard InChI is InChI=1S/C12H7BrN2O3/c1-6-14-11(18-15-6)9-5-7-4-8(13)2-3-10(7)17-12(9)16/h2-5H,1H3. The molecule has 0 fully saturated rings. The van der Waals surface area contributed by atoms with Gasteiger partial charge in [0, 0.05) is 9.86 Å². The lowest BCUT2D eigenvalue weighted by atomic mass is 10.2. The van der Waals surface area contributed by atoms with Gasteiger partial charge >= 0.3 is 5.63 Å². The molecule has 0 amide bonds. The molecule has 0 spiro atoms. The van der Waals surface area contributed by atoms with Crippen LogP contribution in [0.4, 0.5) is 0 Å². The molecule has 3 rings (SSSR count). The molecule has 5 nitrogen and oxygen atoms in total. The number of aryl methyl sites for hydroxylation is 1. The van der Waals surface area contributed by atoms with Gasteiger partial charge in [0.2, 0.25) is 0 Å². The second-order valence-corrected chi connectivity index (χ2v) is 4.69. The van der Waals surface area contributed by atoms with E-state index in [0.29, 0.717) is 11.4 Å². The van der Waals surface area contributed by atoms with Gasteiger partial charge < -0.3 is 8.94 Å². The molecule has 90 valence electrons. The number of nitrogens with zero attached hydrogens (tertiary/aromatic N) is 2. The van der Waals surface area contributed by atoms with Gasteiger partial charge in [-0.25, -0.2) is 4.79 Å². The minimum absolute atomic E-state index is 0.170. The fraction of sp³-hybridized carbons (Fsp3) is 0.0833. The Labute approximate surface area is 110 Å². The van der Waals surface area contributed by atoms with Crippen LogP contribution < -0.4 is 5.63 Å². The van der Waals surface area contributed by atoms with Gasteiger partial charge in [-0.3, -0.25) is 0 Å². The van der Waals surface area contributed by atoms with Crippen LogP contribution in [0.25, 0.3) is 22.4 Å². The van der Waals surface area contributed by atoms with Gasteiger partial charge in [-0.05, 0) is 31.2 Å². The average molecular weight is 307 g/mol. The van der Waals surface area contributed by atoms with E-state index >= 15 is 0 Å². The summed E-state index contributed by atoms with van der Waals surface area (Å²) in [5, 5.41) is 4.44. The van der Waals surface area contributed by atoms with Gasteiger partial charge in [-0.1, -0.05) is 21.1 Å². The van der Waals surface area contributed by atoms with Crippen molar-refractivity contribution in [3.05, 3.63) is 45.0 Å². The van der Waals surface area contributed by atoms with Crippen molar-refractivity contribution in [2.24, 2.45) is 0 Å². The van der Waals surface area contributed by atoms with E-state index in [-0.39, 0.29) is 11.5 Å². The minimum Gasteiger partial charge on any atom is -0.422 e. The Bertz CT molecular complexity index is 791. The van der Waals surface area contributed by atoms with Crippen molar-refractivity contribution in [3.63, 3.8) is 0 Å². The number of fused-ring (bicyclic) bond motifs is 1. The number of benzene rings is 1. The third-order valence-corrected chi connectivity index (χ3v) is 2.95. The highest BCUT2D eigenvalue weighted by Crippen LogP contribution is 2.22. The van der Waals surface area contributed by atoms with Crippen molar-refractivity contribution in [1.82, 2.24) is 10.1 Å². The van der Waals surface area contributed by atoms with Crippen molar-refractivity contribution in [2.45, 2.75) is 6.92 Å². The van der Waals surface area contributed by atoms with Gasteiger partial charge in [0.25, 0.3) is 5.89 Å². The Morgan fingerprint density at radius 1 is 1.28 bits per heavy atom. The maximum Gasteiger partial charge on any atom is 0.349 e. The van der Waals surface area contributed by atoms with Crippen molar-refractivity contribution in [2.75, 3.05) is 0 Å². The van der Waals surface area contributed by atoms with E-state index in [0.717, 1.165) is 9.86 Å². The maximum atomic E-state index is 11.8. The normalized spacial score (nSPS) is 11.0. The highest BCUT2D eigenvalue weighted by Gasteiger charge is 2.13. The van der Waals surface area contributed by atoms with Crippen LogP contribution in [0.3, 0.4) is 0 Å². The Morgan fingerprint density at radius 3 is 2.83 bits per heavy atom. The lowest BCUT2D eigenvalue weighted by Gasteiger charge is -1.99. The summed E-state index contributed by atoms with van der Waals surface area (Å²) in [6.07, 6.45) is 0. The summed E-state index contributed by atoms with van der Waals surface area (Å²) < 4.78 is 11.1. The fourth-order valence-electron chi connectivity index (χ4n) is 1.65. The zero-order chi connectivity index (χ0) is 12.7. The third kappa shape index (κ3) is 1.84. The van der Waals surface area contributed by atoms with E-state index in [1.807, 2.05) is 12.1 Å². The highest BCUT2D eigenvalue weighted by molar-refractivity contribution is 9.10. The van der Waals surface area contributed by atoms with Gasteiger partial charge in [-0.15, -0.1) is 0 Å². The number of hydrogen-bond acceptors (Lipinski definition) is 5. The molecular weight excluding hydrogens is 300 g/mol. The van der Waals surface area contributed by atoms with E-state index in [1.54, 1.807) is 19.1 Å². The lowest BCUT2D eigenvalue weighted by Crippen LogP contribution is -2.02. The largest absolute Gasteiger partial charge is 0.422 e. The summed E-state index contributed by atoms with van der Waals surface area (Å²) >= 11 is 3.36. The van der Waals surface area contributed by atoms with Crippen molar-refractivity contribution in [1.29, 1.82) is 0 Å². The van der Waals surface area contributed by atoms with Crippen LogP contribution in [-0.4, -0.2) is 10.1 Å². The zero-order valence-electron chi connectivity index (χ0n) is 9.31. The van der Waals surface area contributed by atoms with Crippen LogP contribution in [0.5, 0.6) is 0 Å². The number of halogens is 1. The lowest BCUT2D eigenvalue weighted by molar-refractivity contribution is 0.423. The molecule has 0 saturated heterocycles. The molecule has 0 aliphatic carbocycles. The van der Waals surface area contributed by atoms with Crippen molar-refractivity contribution in [3.8, 4) is 11.5 Å². The van der Waals surface area contributed by atoms with Crippen LogP contribution >= 0.6 is 15.9 Å². The second kappa shape index (κ2) is 4.06. The van der Waals surface area contributed by atoms with Crippen LogP contribution in [0.2, 0.25) is 0 Å². The molecule has 6 heteroatoms. The molecular formula is C12H7BrN2O3. The predicted octanol–water partition coefficient (Wildman–Crippen LogP) is 2.91. The smallest absolute Gasteiger partial charge is 0.349 e. The first-order valence-electron chi connectivity index (χ1n) is 5.17. The van der Waals surface area contributed by atoms with Gasteiger partial charge in [0.05, 0.1) is 0 Å². The topological polar surface area (TPSA) is 69.1 Å². The number of aromatic nitrogens is 2. The summed E-state index contributed by atoms with van der Waals surface area (Å²) in [4.78, 5) is 15.8. The molecule has 2 heterocycles. The van der Waals surface area contributed by atoms with Crippen molar-refractivity contribution >= 4 is 26.9 Å². The van der Waals surface area contributed by atoms with Crippen LogP contribution in [0.15, 0.2) is 42.5 Å². The Morgan fingerprint density at radius 2 is 2.11 bits per heavy atom. The monoisotopic (exact) mass is 306 g/mol. The molecule has 0 aliphatic heterocycles. The third-order valence-electron chi connectivity index (χ3n) is 2.45. The van der Waals surface area contributed by atoms with E-state index in [9.17, 15) is 4.79 Å². The Balaban J connectivity index is 2.29. The second-order valence-electron chi connectivity index (χ2n) is 3.78. The van der Waals surface area contributed by atoms with E-state index in [2.05, 4.69) is 26.1 Å². The minimum atomic E-state index is -0.492. The Kier molecular flexibility index (Phi) is 2.52. The first kappa shape index (κ1) is 11.2. The molecule has 3 aromatic rings. The fourth-order valence-corrected chi connectivity index (χ4v) is 2.03. The highest BCUT2D eigenvalue weighted by atomic mass is 79.9. The summed E-state index contributed by atoms with van der Waals surface area (Å²) in [5.41, 5.74) is 0.290. The van der Waals surface area contributed by atoms with Crippen LogP contribution in [0, 0.1) is 6.92 Å². The molecule has 0 unspecified atom stereocenters. The van der Waals surface area contributed by atoms with E-state index in [4.69, 9.17) is 8.94 Å². The molecule has 2 aromatic heterocycles. The quantitative estimate of drug-likeness (QED) is 0.647. The molecule has 18 heavy (non-hydrogen) atoms. The van der Waals surface area contributed by atoms with E-state index in [1.165, 1.54) is 0 Å². The summed E-state index contributed by atoms with van der Waals surface area (Å²) in [5.74, 6) is 0.641. The SMILES string of the molecule is Cc1noc(-c2cc3cc(Br)ccc3oc2=O)n1. The Hall–Kier alpha value is -1.95. The van der Waals surface area contributed by atoms with Crippen LogP contribution in [-0.2, 0) is 0 Å². The predicted molar refractivity (Wildman–Crippen MR) is 68.2 cm³/mol. The zero-order valence-corrected chi connectivity index (χ0v) is 10.9. The molecule has 0 atom stereocenters. The summed E-state index contributed by atoms with van der Waals surface area (Å²) in [7, 11) is 0. The van der Waals surface area contributed by atoms with E-state index < -0.39 is 5.63 Å². The molecule has 0 radical (unpaired) electrons. The first-order valence-corrected chi connectivity index (χ1v) is 5.97. The maximum absolute atomic E-state index is 11.8. The number of rotatable bonds is 1. The molecule has 0 saturated carbocycles. The molecule has 0 bridgehead atoms. The summed E-state index contributed by atoms with van der Waals surface area (Å²) in [6.45, 7) is 1.69. The first-order chi connectivity index (χ1) is 8.63. The molecule has 0 aliphatic rings. The van der Waals surface area contributed by atoms with Crippen LogP contribution in [0.1, 0.15) is 5.82 Å². The van der Waals surface area contributed by atoms with Crippen molar-refractivity contribution < 1.29 is 8.94 Å².